The molecule has 4 heteroatoms. The van der Waals surface area contributed by atoms with Crippen LogP contribution in [0.25, 0.3) is 0 Å². The maximum Gasteiger partial charge on any atom is 0.225 e. The number of amides is 1. The molecule has 0 unspecified atom stereocenters. The summed E-state index contributed by atoms with van der Waals surface area (Å²) < 4.78 is 0. The first-order valence-corrected chi connectivity index (χ1v) is 5.54. The highest BCUT2D eigenvalue weighted by atomic mass is 35.5. The van der Waals surface area contributed by atoms with Crippen LogP contribution in [0, 0.1) is 0 Å². The maximum absolute atomic E-state index is 11.5. The monoisotopic (exact) mass is 256 g/mol. The summed E-state index contributed by atoms with van der Waals surface area (Å²) in [6.07, 6.45) is 0.360. The molecule has 3 nitrogen and oxygen atoms in total. The topological polar surface area (TPSA) is 55.1 Å². The fraction of sp³-hybridized carbons (Fsp3) is 0.462. The molecule has 0 radical (unpaired) electrons. The zero-order chi connectivity index (χ0) is 12.2. The summed E-state index contributed by atoms with van der Waals surface area (Å²) in [5.41, 5.74) is 7.39. The quantitative estimate of drug-likeness (QED) is 0.874. The zero-order valence-corrected chi connectivity index (χ0v) is 11.4. The van der Waals surface area contributed by atoms with E-state index in [-0.39, 0.29) is 23.7 Å². The van der Waals surface area contributed by atoms with Crippen LogP contribution in [-0.4, -0.2) is 12.5 Å². The van der Waals surface area contributed by atoms with Crippen molar-refractivity contribution in [3.63, 3.8) is 0 Å². The molecule has 0 heterocycles. The number of benzene rings is 1. The molecule has 0 atom stereocenters. The largest absolute Gasteiger partial charge is 0.330 e. The molecule has 0 aromatic heterocycles. The fourth-order valence-electron chi connectivity index (χ4n) is 1.59. The van der Waals surface area contributed by atoms with Gasteiger partial charge in [-0.05, 0) is 17.0 Å². The van der Waals surface area contributed by atoms with Gasteiger partial charge in [0.1, 0.15) is 0 Å². The number of hydrogen-bond acceptors (Lipinski definition) is 2. The lowest BCUT2D eigenvalue weighted by Gasteiger charge is -2.22. The fourth-order valence-corrected chi connectivity index (χ4v) is 1.59. The van der Waals surface area contributed by atoms with E-state index in [1.807, 2.05) is 24.3 Å². The second-order valence-corrected chi connectivity index (χ2v) is 4.88. The molecule has 0 spiro atoms. The molecule has 17 heavy (non-hydrogen) atoms. The van der Waals surface area contributed by atoms with Crippen LogP contribution in [0.4, 0.5) is 5.69 Å². The Morgan fingerprint density at radius 3 is 2.41 bits per heavy atom. The minimum Gasteiger partial charge on any atom is -0.330 e. The third kappa shape index (κ3) is 4.75. The third-order valence-electron chi connectivity index (χ3n) is 2.38. The van der Waals surface area contributed by atoms with Gasteiger partial charge in [0.15, 0.2) is 0 Å². The van der Waals surface area contributed by atoms with Crippen molar-refractivity contribution in [2.75, 3.05) is 11.9 Å². The van der Waals surface area contributed by atoms with Crippen LogP contribution in [0.5, 0.6) is 0 Å². The predicted octanol–water partition coefficient (Wildman–Crippen LogP) is 2.69. The lowest BCUT2D eigenvalue weighted by Crippen LogP contribution is -2.20. The minimum atomic E-state index is -0.0285. The minimum absolute atomic E-state index is 0. The second kappa shape index (κ2) is 6.62. The summed E-state index contributed by atoms with van der Waals surface area (Å²) in [6, 6.07) is 7.87. The van der Waals surface area contributed by atoms with Gasteiger partial charge in [0, 0.05) is 18.7 Å². The standard InChI is InChI=1S/C13H20N2O.ClH/c1-13(2,3)10-6-4-5-7-11(10)15-12(16)8-9-14;/h4-7H,8-9,14H2,1-3H3,(H,15,16);1H. The van der Waals surface area contributed by atoms with Crippen LogP contribution < -0.4 is 11.1 Å². The molecule has 0 saturated carbocycles. The van der Waals surface area contributed by atoms with Crippen LogP contribution in [0.1, 0.15) is 32.8 Å². The molecule has 0 aliphatic carbocycles. The molecule has 0 aliphatic heterocycles. The number of rotatable bonds is 3. The summed E-state index contributed by atoms with van der Waals surface area (Å²) >= 11 is 0. The van der Waals surface area contributed by atoms with Crippen molar-refractivity contribution < 1.29 is 4.79 Å². The number of carbonyl (C=O) groups excluding carboxylic acids is 1. The summed E-state index contributed by atoms with van der Waals surface area (Å²) in [5.74, 6) is -0.0285. The Morgan fingerprint density at radius 1 is 1.29 bits per heavy atom. The highest BCUT2D eigenvalue weighted by Gasteiger charge is 2.18. The number of nitrogens with one attached hydrogen (secondary N) is 1. The zero-order valence-electron chi connectivity index (χ0n) is 10.6. The summed E-state index contributed by atoms with van der Waals surface area (Å²) in [4.78, 5) is 11.5. The second-order valence-electron chi connectivity index (χ2n) is 4.88. The Labute approximate surface area is 109 Å². The molecule has 0 fully saturated rings. The SMILES string of the molecule is CC(C)(C)c1ccccc1NC(=O)CCN.Cl. The highest BCUT2D eigenvalue weighted by Crippen LogP contribution is 2.29. The molecule has 96 valence electrons. The van der Waals surface area contributed by atoms with Crippen molar-refractivity contribution in [1.82, 2.24) is 0 Å². The van der Waals surface area contributed by atoms with Crippen LogP contribution in [0.15, 0.2) is 24.3 Å². The molecule has 0 bridgehead atoms. The van der Waals surface area contributed by atoms with Crippen molar-refractivity contribution in [1.29, 1.82) is 0 Å². The van der Waals surface area contributed by atoms with E-state index in [0.717, 1.165) is 11.3 Å². The van der Waals surface area contributed by atoms with Gasteiger partial charge in [-0.1, -0.05) is 39.0 Å². The van der Waals surface area contributed by atoms with Crippen molar-refractivity contribution in [3.05, 3.63) is 29.8 Å². The van der Waals surface area contributed by atoms with E-state index < -0.39 is 0 Å². The van der Waals surface area contributed by atoms with E-state index >= 15 is 0 Å². The molecule has 1 amide bonds. The average molecular weight is 257 g/mol. The Morgan fingerprint density at radius 2 is 1.88 bits per heavy atom. The predicted molar refractivity (Wildman–Crippen MR) is 74.7 cm³/mol. The molecule has 1 rings (SSSR count). The highest BCUT2D eigenvalue weighted by molar-refractivity contribution is 5.91. The molecule has 3 N–H and O–H groups in total. The number of anilines is 1. The first kappa shape index (κ1) is 15.9. The van der Waals surface area contributed by atoms with E-state index in [9.17, 15) is 4.79 Å². The molecular formula is C13H21ClN2O. The van der Waals surface area contributed by atoms with Crippen molar-refractivity contribution in [2.45, 2.75) is 32.6 Å². The van der Waals surface area contributed by atoms with Gasteiger partial charge < -0.3 is 11.1 Å². The summed E-state index contributed by atoms with van der Waals surface area (Å²) in [7, 11) is 0. The van der Waals surface area contributed by atoms with Gasteiger partial charge in [-0.2, -0.15) is 0 Å². The van der Waals surface area contributed by atoms with Crippen LogP contribution >= 0.6 is 12.4 Å². The third-order valence-corrected chi connectivity index (χ3v) is 2.38. The maximum atomic E-state index is 11.5. The number of carbonyl (C=O) groups is 1. The van der Waals surface area contributed by atoms with E-state index in [2.05, 4.69) is 26.1 Å². The van der Waals surface area contributed by atoms with Crippen LogP contribution in [0.3, 0.4) is 0 Å². The molecule has 0 aliphatic rings. The Hall–Kier alpha value is -1.06. The summed E-state index contributed by atoms with van der Waals surface area (Å²) in [5, 5.41) is 2.90. The Bertz CT molecular complexity index is 372. The molecule has 0 saturated heterocycles. The van der Waals surface area contributed by atoms with Crippen molar-refractivity contribution >= 4 is 24.0 Å². The van der Waals surface area contributed by atoms with Gasteiger partial charge in [-0.15, -0.1) is 12.4 Å². The van der Waals surface area contributed by atoms with Gasteiger partial charge in [0.05, 0.1) is 0 Å². The molecule has 1 aromatic carbocycles. The Balaban J connectivity index is 0.00000256. The van der Waals surface area contributed by atoms with E-state index in [1.54, 1.807) is 0 Å². The molecular weight excluding hydrogens is 236 g/mol. The van der Waals surface area contributed by atoms with Gasteiger partial charge in [0.2, 0.25) is 5.91 Å². The van der Waals surface area contributed by atoms with Gasteiger partial charge >= 0.3 is 0 Å². The smallest absolute Gasteiger partial charge is 0.225 e. The number of hydrogen-bond donors (Lipinski definition) is 2. The Kier molecular flexibility index (Phi) is 6.21. The van der Waals surface area contributed by atoms with Crippen molar-refractivity contribution in [2.24, 2.45) is 5.73 Å². The van der Waals surface area contributed by atoms with Crippen LogP contribution in [0.2, 0.25) is 0 Å². The molecule has 1 aromatic rings. The summed E-state index contributed by atoms with van der Waals surface area (Å²) in [6.45, 7) is 6.76. The van der Waals surface area contributed by atoms with E-state index in [0.29, 0.717) is 13.0 Å². The van der Waals surface area contributed by atoms with Gasteiger partial charge in [-0.3, -0.25) is 4.79 Å². The van der Waals surface area contributed by atoms with E-state index in [1.165, 1.54) is 0 Å². The van der Waals surface area contributed by atoms with Crippen molar-refractivity contribution in [3.8, 4) is 0 Å². The lowest BCUT2D eigenvalue weighted by molar-refractivity contribution is -0.116. The van der Waals surface area contributed by atoms with Crippen LogP contribution in [-0.2, 0) is 10.2 Å². The normalized spacial score (nSPS) is 10.6. The average Bonchev–Trinajstić information content (AvgIpc) is 2.17. The van der Waals surface area contributed by atoms with Gasteiger partial charge in [0.25, 0.3) is 0 Å². The first-order chi connectivity index (χ1) is 7.45. The number of para-hydroxylation sites is 1. The first-order valence-electron chi connectivity index (χ1n) is 5.54. The number of halogens is 1. The van der Waals surface area contributed by atoms with E-state index in [4.69, 9.17) is 5.73 Å². The number of nitrogens with two attached hydrogens (primary N) is 1. The lowest BCUT2D eigenvalue weighted by atomic mass is 9.86. The van der Waals surface area contributed by atoms with Gasteiger partial charge in [-0.25, -0.2) is 0 Å².